The van der Waals surface area contributed by atoms with Gasteiger partial charge in [-0.05, 0) is 18.4 Å². The van der Waals surface area contributed by atoms with E-state index in [-0.39, 0.29) is 63.4 Å². The fourth-order valence-corrected chi connectivity index (χ4v) is 4.71. The van der Waals surface area contributed by atoms with Crippen molar-refractivity contribution in [2.45, 2.75) is 75.7 Å². The van der Waals surface area contributed by atoms with Gasteiger partial charge in [0.25, 0.3) is 5.92 Å². The number of nitrogens with one attached hydrogen (secondary N) is 1. The lowest BCUT2D eigenvalue weighted by Gasteiger charge is -2.39. The summed E-state index contributed by atoms with van der Waals surface area (Å²) in [6, 6.07) is -0.999. The van der Waals surface area contributed by atoms with Crippen LogP contribution >= 0.6 is 0 Å². The minimum Gasteiger partial charge on any atom is -0.465 e. The summed E-state index contributed by atoms with van der Waals surface area (Å²) in [5, 5.41) is 32.4. The fraction of sp³-hybridized carbons (Fsp3) is 0.773. The van der Waals surface area contributed by atoms with Crippen LogP contribution in [0.1, 0.15) is 42.0 Å². The molecule has 15 heteroatoms. The zero-order valence-electron chi connectivity index (χ0n) is 20.3. The highest BCUT2D eigenvalue weighted by atomic mass is 19.4. The smallest absolute Gasteiger partial charge is 0.404 e. The molecule has 1 aromatic heterocycles. The first kappa shape index (κ1) is 29.4. The number of rotatable bonds is 10. The van der Waals surface area contributed by atoms with Crippen LogP contribution in [0.5, 0.6) is 0 Å². The van der Waals surface area contributed by atoms with Gasteiger partial charge in [0, 0.05) is 52.0 Å². The van der Waals surface area contributed by atoms with Gasteiger partial charge in [-0.3, -0.25) is 9.80 Å². The van der Waals surface area contributed by atoms with Crippen LogP contribution in [0, 0.1) is 0 Å². The van der Waals surface area contributed by atoms with E-state index in [9.17, 15) is 42.1 Å². The number of halogens is 5. The minimum atomic E-state index is -4.47. The number of hydrogen-bond donors (Lipinski definition) is 4. The molecule has 0 aliphatic carbocycles. The summed E-state index contributed by atoms with van der Waals surface area (Å²) >= 11 is 0. The molecule has 0 spiro atoms. The highest BCUT2D eigenvalue weighted by Gasteiger charge is 2.40. The highest BCUT2D eigenvalue weighted by molar-refractivity contribution is 5.64. The maximum Gasteiger partial charge on any atom is 0.404 e. The van der Waals surface area contributed by atoms with Crippen molar-refractivity contribution in [1.29, 1.82) is 0 Å². The monoisotopic (exact) mass is 541 g/mol. The summed E-state index contributed by atoms with van der Waals surface area (Å²) in [6.45, 7) is -0.648. The number of aliphatic hydroxyl groups is 2. The van der Waals surface area contributed by atoms with Gasteiger partial charge in [-0.2, -0.15) is 13.2 Å². The molecule has 2 unspecified atom stereocenters. The van der Waals surface area contributed by atoms with Gasteiger partial charge in [0.2, 0.25) is 0 Å². The Bertz CT molecular complexity index is 938. The zero-order chi connectivity index (χ0) is 27.4. The number of carboxylic acid groups (broad SMARTS) is 1. The number of piperidine rings is 1. The minimum absolute atomic E-state index is 0.00589. The van der Waals surface area contributed by atoms with Gasteiger partial charge in [0.05, 0.1) is 31.0 Å². The standard InChI is InChI=1S/C22H32F5N5O5/c1-37-7-4-17-29-15(9-22(25,26)27)14-3-6-31(11-16(14)30-17)19(34)8-13(28-20(35)36)10-32-12-21(23,24)5-2-18(32)33/h13,18-19,28,33-34H,2-12H2,1H3,(H,35,36)/t13-,18?,19?/m0/s1. The average molecular weight is 542 g/mol. The van der Waals surface area contributed by atoms with Crippen molar-refractivity contribution in [3.63, 3.8) is 0 Å². The molecule has 1 amide bonds. The lowest BCUT2D eigenvalue weighted by molar-refractivity contribution is -0.137. The molecule has 0 bridgehead atoms. The number of carbonyl (C=O) groups is 1. The Morgan fingerprint density at radius 2 is 2.05 bits per heavy atom. The van der Waals surface area contributed by atoms with Crippen LogP contribution in [0.3, 0.4) is 0 Å². The predicted octanol–water partition coefficient (Wildman–Crippen LogP) is 1.52. The molecular weight excluding hydrogens is 509 g/mol. The van der Waals surface area contributed by atoms with Crippen LogP contribution in [0.15, 0.2) is 0 Å². The van der Waals surface area contributed by atoms with Gasteiger partial charge in [-0.25, -0.2) is 23.5 Å². The van der Waals surface area contributed by atoms with Gasteiger partial charge < -0.3 is 25.4 Å². The molecule has 3 rings (SSSR count). The van der Waals surface area contributed by atoms with E-state index in [1.54, 1.807) is 0 Å². The van der Waals surface area contributed by atoms with Crippen molar-refractivity contribution >= 4 is 6.09 Å². The molecule has 3 atom stereocenters. The molecule has 37 heavy (non-hydrogen) atoms. The van der Waals surface area contributed by atoms with Crippen molar-refractivity contribution < 1.29 is 46.8 Å². The molecule has 3 heterocycles. The summed E-state index contributed by atoms with van der Waals surface area (Å²) in [5.74, 6) is -2.85. The number of aliphatic hydroxyl groups excluding tert-OH is 2. The number of likely N-dealkylation sites (tertiary alicyclic amines) is 1. The first-order valence-electron chi connectivity index (χ1n) is 11.9. The van der Waals surface area contributed by atoms with Crippen LogP contribution in [0.2, 0.25) is 0 Å². The topological polar surface area (TPSA) is 131 Å². The third kappa shape index (κ3) is 8.67. The van der Waals surface area contributed by atoms with E-state index in [2.05, 4.69) is 15.3 Å². The molecule has 0 radical (unpaired) electrons. The molecule has 0 aromatic carbocycles. The number of amides is 1. The largest absolute Gasteiger partial charge is 0.465 e. The number of hydrogen-bond acceptors (Lipinski definition) is 8. The van der Waals surface area contributed by atoms with Crippen molar-refractivity contribution in [1.82, 2.24) is 25.1 Å². The van der Waals surface area contributed by atoms with Crippen molar-refractivity contribution in [3.05, 3.63) is 22.8 Å². The Morgan fingerprint density at radius 3 is 2.70 bits per heavy atom. The first-order chi connectivity index (χ1) is 17.3. The Morgan fingerprint density at radius 1 is 1.32 bits per heavy atom. The molecule has 1 saturated heterocycles. The molecule has 2 aliphatic rings. The second kappa shape index (κ2) is 12.1. The van der Waals surface area contributed by atoms with E-state index in [1.807, 2.05) is 0 Å². The van der Waals surface area contributed by atoms with E-state index >= 15 is 0 Å². The lowest BCUT2D eigenvalue weighted by Crippen LogP contribution is -2.55. The predicted molar refractivity (Wildman–Crippen MR) is 119 cm³/mol. The third-order valence-corrected chi connectivity index (χ3v) is 6.45. The fourth-order valence-electron chi connectivity index (χ4n) is 4.71. The van der Waals surface area contributed by atoms with Gasteiger partial charge >= 0.3 is 12.3 Å². The van der Waals surface area contributed by atoms with Crippen molar-refractivity contribution in [2.24, 2.45) is 0 Å². The molecule has 0 saturated carbocycles. The van der Waals surface area contributed by atoms with Crippen molar-refractivity contribution in [3.8, 4) is 0 Å². The number of fused-ring (bicyclic) bond motifs is 1. The maximum atomic E-state index is 13.8. The molecule has 1 aromatic rings. The molecule has 4 N–H and O–H groups in total. The Hall–Kier alpha value is -2.20. The van der Waals surface area contributed by atoms with Gasteiger partial charge in [-0.1, -0.05) is 0 Å². The van der Waals surface area contributed by atoms with E-state index in [1.165, 1.54) is 12.0 Å². The summed E-state index contributed by atoms with van der Waals surface area (Å²) in [7, 11) is 1.44. The van der Waals surface area contributed by atoms with E-state index in [0.717, 1.165) is 4.90 Å². The van der Waals surface area contributed by atoms with Gasteiger partial charge in [0.15, 0.2) is 0 Å². The van der Waals surface area contributed by atoms with Crippen LogP contribution in [0.4, 0.5) is 26.7 Å². The molecule has 10 nitrogen and oxygen atoms in total. The lowest BCUT2D eigenvalue weighted by atomic mass is 9.99. The summed E-state index contributed by atoms with van der Waals surface area (Å²) in [6.07, 6.45) is -10.1. The van der Waals surface area contributed by atoms with Gasteiger partial charge in [0.1, 0.15) is 18.3 Å². The number of aromatic nitrogens is 2. The van der Waals surface area contributed by atoms with Crippen LogP contribution in [0.25, 0.3) is 0 Å². The maximum absolute atomic E-state index is 13.8. The van der Waals surface area contributed by atoms with Gasteiger partial charge in [-0.15, -0.1) is 0 Å². The summed E-state index contributed by atoms with van der Waals surface area (Å²) < 4.78 is 72.1. The quantitative estimate of drug-likeness (QED) is 0.326. The molecule has 210 valence electrons. The molecule has 1 fully saturated rings. The average Bonchev–Trinajstić information content (AvgIpc) is 2.78. The van der Waals surface area contributed by atoms with E-state index in [4.69, 9.17) is 4.74 Å². The van der Waals surface area contributed by atoms with Crippen LogP contribution in [-0.4, -0.2) is 105 Å². The number of ether oxygens (including phenoxy) is 1. The van der Waals surface area contributed by atoms with Crippen molar-refractivity contribution in [2.75, 3.05) is 33.4 Å². The Balaban J connectivity index is 1.74. The van der Waals surface area contributed by atoms with E-state index in [0.29, 0.717) is 11.3 Å². The first-order valence-corrected chi connectivity index (χ1v) is 11.9. The zero-order valence-corrected chi connectivity index (χ0v) is 20.3. The normalized spacial score (nSPS) is 22.3. The second-order valence-corrected chi connectivity index (χ2v) is 9.43. The second-order valence-electron chi connectivity index (χ2n) is 9.43. The molecular formula is C22H32F5N5O5. The number of alkyl halides is 5. The Kier molecular flexibility index (Phi) is 9.61. The SMILES string of the molecule is COCCc1nc2c(c(CC(F)(F)F)n1)CCN(C(O)C[C@@H](CN1CC(F)(F)CCC1O)NC(=O)O)C2. The number of nitrogens with zero attached hydrogens (tertiary/aromatic N) is 4. The molecule has 2 aliphatic heterocycles. The van der Waals surface area contributed by atoms with Crippen LogP contribution < -0.4 is 5.32 Å². The van der Waals surface area contributed by atoms with E-state index < -0.39 is 56.1 Å². The summed E-state index contributed by atoms with van der Waals surface area (Å²) in [5.41, 5.74) is 0.573. The summed E-state index contributed by atoms with van der Waals surface area (Å²) in [4.78, 5) is 22.4. The third-order valence-electron chi connectivity index (χ3n) is 6.45. The number of methoxy groups -OCH3 is 1. The highest BCUT2D eigenvalue weighted by Crippen LogP contribution is 2.30. The van der Waals surface area contributed by atoms with Crippen LogP contribution in [-0.2, 0) is 30.5 Å². The Labute approximate surface area is 210 Å².